The fourth-order valence-corrected chi connectivity index (χ4v) is 9.71. The van der Waals surface area contributed by atoms with E-state index in [2.05, 4.69) is 163 Å². The van der Waals surface area contributed by atoms with Crippen LogP contribution in [0.1, 0.15) is 63.8 Å². The quantitative estimate of drug-likeness (QED) is 0.171. The number of hydrogen-bond acceptors (Lipinski definition) is 2. The van der Waals surface area contributed by atoms with Crippen molar-refractivity contribution in [3.05, 3.63) is 174 Å². The minimum atomic E-state index is -0.103. The normalized spacial score (nSPS) is 15.4. The van der Waals surface area contributed by atoms with Crippen molar-refractivity contribution in [2.75, 3.05) is 0 Å². The van der Waals surface area contributed by atoms with Crippen LogP contribution in [-0.2, 0) is 10.8 Å². The summed E-state index contributed by atoms with van der Waals surface area (Å²) in [6, 6.07) is 47.2. The Bertz CT molecular complexity index is 2950. The lowest BCUT2D eigenvalue weighted by molar-refractivity contribution is 0.654. The molecular weight excluding hydrogens is 653 g/mol. The Morgan fingerprint density at radius 3 is 1.91 bits per heavy atom. The van der Waals surface area contributed by atoms with Gasteiger partial charge in [-0.1, -0.05) is 137 Å². The molecule has 0 fully saturated rings. The van der Waals surface area contributed by atoms with Crippen LogP contribution in [0.3, 0.4) is 0 Å². The maximum absolute atomic E-state index is 5.23. The van der Waals surface area contributed by atoms with Gasteiger partial charge in [0, 0.05) is 16.4 Å². The number of aromatic nitrogens is 2. The Morgan fingerprint density at radius 1 is 0.500 bits per heavy atom. The molecule has 0 saturated heterocycles. The highest BCUT2D eigenvalue weighted by atomic mass is 14.8. The highest BCUT2D eigenvalue weighted by molar-refractivity contribution is 6.22. The molecule has 0 amide bonds. The molecule has 54 heavy (non-hydrogen) atoms. The molecule has 2 aliphatic rings. The summed E-state index contributed by atoms with van der Waals surface area (Å²) in [6.07, 6.45) is 6.40. The van der Waals surface area contributed by atoms with E-state index in [1.807, 2.05) is 24.4 Å². The maximum Gasteiger partial charge on any atom is 0.0905 e. The van der Waals surface area contributed by atoms with Gasteiger partial charge in [-0.05, 0) is 133 Å². The van der Waals surface area contributed by atoms with Gasteiger partial charge in [-0.25, -0.2) is 4.98 Å². The van der Waals surface area contributed by atoms with E-state index in [9.17, 15) is 0 Å². The molecule has 0 unspecified atom stereocenters. The Morgan fingerprint density at radius 2 is 1.09 bits per heavy atom. The molecular formula is C52H42N2. The first-order chi connectivity index (χ1) is 26.2. The van der Waals surface area contributed by atoms with Crippen molar-refractivity contribution < 1.29 is 0 Å². The van der Waals surface area contributed by atoms with Gasteiger partial charge in [0.2, 0.25) is 0 Å². The second kappa shape index (κ2) is 11.7. The fraction of sp³-hybridized carbons (Fsp3) is 0.154. The van der Waals surface area contributed by atoms with Crippen LogP contribution in [0.25, 0.3) is 82.8 Å². The molecule has 2 nitrogen and oxygen atoms in total. The van der Waals surface area contributed by atoms with Crippen molar-refractivity contribution in [3.63, 3.8) is 0 Å². The van der Waals surface area contributed by atoms with E-state index in [-0.39, 0.29) is 10.8 Å². The average Bonchev–Trinajstić information content (AvgIpc) is 3.54. The number of nitrogens with zero attached hydrogens (tertiary/aromatic N) is 2. The lowest BCUT2D eigenvalue weighted by Gasteiger charge is -2.24. The first-order valence-corrected chi connectivity index (χ1v) is 19.1. The number of para-hydroxylation sites is 2. The second-order valence-electron chi connectivity index (χ2n) is 16.2. The number of hydrogen-bond donors (Lipinski definition) is 0. The maximum atomic E-state index is 5.23. The van der Waals surface area contributed by atoms with Crippen LogP contribution >= 0.6 is 0 Å². The van der Waals surface area contributed by atoms with Gasteiger partial charge in [0.25, 0.3) is 0 Å². The molecule has 10 rings (SSSR count). The zero-order valence-electron chi connectivity index (χ0n) is 31.8. The van der Waals surface area contributed by atoms with Crippen molar-refractivity contribution in [3.8, 4) is 44.6 Å². The van der Waals surface area contributed by atoms with Crippen LogP contribution in [0, 0.1) is 0 Å². The fourth-order valence-electron chi connectivity index (χ4n) is 9.71. The summed E-state index contributed by atoms with van der Waals surface area (Å²) < 4.78 is 0. The molecule has 0 N–H and O–H groups in total. The lowest BCUT2D eigenvalue weighted by atomic mass is 9.79. The van der Waals surface area contributed by atoms with E-state index >= 15 is 0 Å². The van der Waals surface area contributed by atoms with Crippen LogP contribution in [0.5, 0.6) is 0 Å². The predicted molar refractivity (Wildman–Crippen MR) is 229 cm³/mol. The van der Waals surface area contributed by atoms with Gasteiger partial charge in [-0.3, -0.25) is 4.98 Å². The van der Waals surface area contributed by atoms with Gasteiger partial charge in [-0.2, -0.15) is 0 Å². The van der Waals surface area contributed by atoms with E-state index in [0.29, 0.717) is 0 Å². The molecule has 0 saturated carbocycles. The standard InChI is InChI=1S/C52H42N2/c1-7-14-42-31(2)35-24-21-33(28-44(35)51(42,3)4)32-22-26-40-41(27-32)49(34-23-25-37-36-15-10-11-18-43(36)52(5,6)45(37)29-34)38-16-8-9-17-39(38)50(40)48-30-53-46-19-12-13-20-47(46)54-48/h7-30H,1-6H3/b14-7-. The minimum Gasteiger partial charge on any atom is -0.252 e. The van der Waals surface area contributed by atoms with E-state index < -0.39 is 0 Å². The van der Waals surface area contributed by atoms with Gasteiger partial charge < -0.3 is 0 Å². The van der Waals surface area contributed by atoms with Crippen LogP contribution in [0.4, 0.5) is 0 Å². The molecule has 2 heteroatoms. The highest BCUT2D eigenvalue weighted by Crippen LogP contribution is 2.52. The SMILES string of the molecule is C/C=C\C1=C(C)c2ccc(-c3ccc4c(-c5cnc6ccccc6n5)c5ccccc5c(-c5ccc6c(c5)C(C)(C)c5ccccc5-6)c4c3)cc2C1(C)C. The number of benzene rings is 7. The first-order valence-electron chi connectivity index (χ1n) is 19.1. The van der Waals surface area contributed by atoms with Gasteiger partial charge in [0.15, 0.2) is 0 Å². The van der Waals surface area contributed by atoms with E-state index in [1.54, 1.807) is 0 Å². The molecule has 8 aromatic rings. The summed E-state index contributed by atoms with van der Waals surface area (Å²) >= 11 is 0. The average molecular weight is 695 g/mol. The van der Waals surface area contributed by atoms with E-state index in [4.69, 9.17) is 9.97 Å². The third-order valence-corrected chi connectivity index (χ3v) is 12.4. The smallest absolute Gasteiger partial charge is 0.0905 e. The number of allylic oxidation sites excluding steroid dienone is 4. The summed E-state index contributed by atoms with van der Waals surface area (Å²) in [5, 5.41) is 4.78. The van der Waals surface area contributed by atoms with Crippen molar-refractivity contribution in [2.24, 2.45) is 0 Å². The Balaban J connectivity index is 1.26. The lowest BCUT2D eigenvalue weighted by Crippen LogP contribution is -2.16. The molecule has 0 atom stereocenters. The summed E-state index contributed by atoms with van der Waals surface area (Å²) in [7, 11) is 0. The third-order valence-electron chi connectivity index (χ3n) is 12.4. The van der Waals surface area contributed by atoms with Crippen molar-refractivity contribution >= 4 is 38.2 Å². The number of fused-ring (bicyclic) bond motifs is 7. The zero-order valence-corrected chi connectivity index (χ0v) is 31.8. The summed E-state index contributed by atoms with van der Waals surface area (Å²) in [4.78, 5) is 10.1. The van der Waals surface area contributed by atoms with E-state index in [0.717, 1.165) is 22.3 Å². The first kappa shape index (κ1) is 32.5. The molecule has 260 valence electrons. The molecule has 2 aliphatic carbocycles. The van der Waals surface area contributed by atoms with Gasteiger partial charge >= 0.3 is 0 Å². The summed E-state index contributed by atoms with van der Waals surface area (Å²) in [5.41, 5.74) is 19.5. The third kappa shape index (κ3) is 4.59. The highest BCUT2D eigenvalue weighted by Gasteiger charge is 2.36. The van der Waals surface area contributed by atoms with Gasteiger partial charge in [0.05, 0.1) is 22.9 Å². The van der Waals surface area contributed by atoms with Crippen LogP contribution < -0.4 is 0 Å². The molecule has 0 radical (unpaired) electrons. The van der Waals surface area contributed by atoms with Crippen molar-refractivity contribution in [2.45, 2.75) is 52.4 Å². The van der Waals surface area contributed by atoms with Crippen molar-refractivity contribution in [1.82, 2.24) is 9.97 Å². The Kier molecular flexibility index (Phi) is 7.04. The molecule has 1 aromatic heterocycles. The Labute approximate surface area is 317 Å². The molecule has 0 aliphatic heterocycles. The van der Waals surface area contributed by atoms with Gasteiger partial charge in [0.1, 0.15) is 0 Å². The molecule has 1 heterocycles. The van der Waals surface area contributed by atoms with Crippen LogP contribution in [0.15, 0.2) is 151 Å². The number of rotatable bonds is 4. The largest absolute Gasteiger partial charge is 0.252 e. The van der Waals surface area contributed by atoms with Gasteiger partial charge in [-0.15, -0.1) is 0 Å². The van der Waals surface area contributed by atoms with E-state index in [1.165, 1.54) is 88.3 Å². The summed E-state index contributed by atoms with van der Waals surface area (Å²) in [5.74, 6) is 0. The van der Waals surface area contributed by atoms with Crippen LogP contribution in [0.2, 0.25) is 0 Å². The summed E-state index contributed by atoms with van der Waals surface area (Å²) in [6.45, 7) is 13.8. The molecule has 7 aromatic carbocycles. The molecule has 0 bridgehead atoms. The van der Waals surface area contributed by atoms with Crippen molar-refractivity contribution in [1.29, 1.82) is 0 Å². The topological polar surface area (TPSA) is 25.8 Å². The monoisotopic (exact) mass is 694 g/mol. The second-order valence-corrected chi connectivity index (χ2v) is 16.2. The van der Waals surface area contributed by atoms with Crippen LogP contribution in [-0.4, -0.2) is 9.97 Å². The minimum absolute atomic E-state index is 0.0726. The molecule has 0 spiro atoms. The predicted octanol–water partition coefficient (Wildman–Crippen LogP) is 13.9. The Hall–Kier alpha value is -6.12. The zero-order chi connectivity index (χ0) is 36.9.